The summed E-state index contributed by atoms with van der Waals surface area (Å²) in [6.07, 6.45) is 17.2. The van der Waals surface area contributed by atoms with Crippen LogP contribution in [0.5, 0.6) is 11.5 Å². The predicted molar refractivity (Wildman–Crippen MR) is 140 cm³/mol. The van der Waals surface area contributed by atoms with Gasteiger partial charge in [-0.1, -0.05) is 48.6 Å². The third-order valence-electron chi connectivity index (χ3n) is 5.96. The van der Waals surface area contributed by atoms with Crippen LogP contribution < -0.4 is 20.1 Å². The fourth-order valence-corrected chi connectivity index (χ4v) is 3.95. The van der Waals surface area contributed by atoms with Gasteiger partial charge in [-0.25, -0.2) is 0 Å². The number of hydrogen-bond acceptors (Lipinski definition) is 6. The van der Waals surface area contributed by atoms with E-state index in [0.717, 1.165) is 22.6 Å². The minimum atomic E-state index is -0.307. The Morgan fingerprint density at radius 1 is 0.595 bits per heavy atom. The van der Waals surface area contributed by atoms with E-state index in [-0.39, 0.29) is 40.4 Å². The van der Waals surface area contributed by atoms with E-state index in [1.54, 1.807) is 50.9 Å². The molecule has 191 valence electrons. The molecule has 6 nitrogen and oxygen atoms in total. The molecule has 2 aliphatic carbocycles. The van der Waals surface area contributed by atoms with Gasteiger partial charge in [-0.2, -0.15) is 0 Å². The van der Waals surface area contributed by atoms with Gasteiger partial charge in [0.15, 0.2) is 11.6 Å². The third kappa shape index (κ3) is 7.00. The molecule has 2 N–H and O–H groups in total. The van der Waals surface area contributed by atoms with E-state index >= 15 is 0 Å². The number of ketones is 2. The van der Waals surface area contributed by atoms with Gasteiger partial charge in [-0.3, -0.25) is 9.59 Å². The monoisotopic (exact) mass is 539 g/mol. The first-order valence-corrected chi connectivity index (χ1v) is 11.6. The molecule has 0 spiro atoms. The Hall–Kier alpha value is -4.07. The van der Waals surface area contributed by atoms with Crippen LogP contribution in [0, 0.1) is 0 Å². The average molecular weight is 539 g/mol. The molecule has 37 heavy (non-hydrogen) atoms. The van der Waals surface area contributed by atoms with Crippen molar-refractivity contribution in [3.63, 3.8) is 0 Å². The van der Waals surface area contributed by atoms with E-state index in [1.807, 2.05) is 60.7 Å². The van der Waals surface area contributed by atoms with Gasteiger partial charge < -0.3 is 20.1 Å². The van der Waals surface area contributed by atoms with Crippen LogP contribution in [0.25, 0.3) is 0 Å². The van der Waals surface area contributed by atoms with E-state index in [0.29, 0.717) is 11.1 Å². The molecule has 0 amide bonds. The Morgan fingerprint density at radius 3 is 1.27 bits per heavy atom. The molecule has 1 radical (unpaired) electrons. The number of rotatable bonds is 9. The van der Waals surface area contributed by atoms with Crippen LogP contribution in [0.4, 0.5) is 0 Å². The van der Waals surface area contributed by atoms with Gasteiger partial charge in [0.2, 0.25) is 0 Å². The molecular weight excluding hydrogens is 511 g/mol. The van der Waals surface area contributed by atoms with Gasteiger partial charge in [-0.05, 0) is 59.7 Å². The summed E-state index contributed by atoms with van der Waals surface area (Å²) < 4.78 is 10.7. The molecule has 0 bridgehead atoms. The van der Waals surface area contributed by atoms with Gasteiger partial charge in [0.25, 0.3) is 0 Å². The Kier molecular flexibility index (Phi) is 9.89. The molecule has 2 aromatic rings. The Balaban J connectivity index is 0.00000380. The second-order valence-electron chi connectivity index (χ2n) is 8.20. The Morgan fingerprint density at radius 2 is 0.946 bits per heavy atom. The van der Waals surface area contributed by atoms with Crippen LogP contribution in [-0.2, 0) is 26.4 Å². The maximum Gasteiger partial charge on any atom is 0.187 e. The van der Waals surface area contributed by atoms with Crippen LogP contribution in [0.2, 0.25) is 0 Å². The Bertz CT molecular complexity index is 1180. The molecule has 0 saturated carbocycles. The normalized spacial score (nSPS) is 17.9. The van der Waals surface area contributed by atoms with Crippen LogP contribution >= 0.6 is 0 Å². The number of hydrogen-bond donors (Lipinski definition) is 2. The van der Waals surface area contributed by atoms with Crippen molar-refractivity contribution in [1.29, 1.82) is 0 Å². The molecule has 4 rings (SSSR count). The number of nitrogens with one attached hydrogen (secondary N) is 2. The van der Waals surface area contributed by atoms with Crippen molar-refractivity contribution in [2.24, 2.45) is 0 Å². The van der Waals surface area contributed by atoms with Crippen molar-refractivity contribution in [2.45, 2.75) is 12.1 Å². The number of methoxy groups -OCH3 is 2. The predicted octanol–water partition coefficient (Wildman–Crippen LogP) is 4.82. The second-order valence-corrected chi connectivity index (χ2v) is 8.20. The molecule has 0 heterocycles. The van der Waals surface area contributed by atoms with Crippen molar-refractivity contribution in [3.05, 3.63) is 132 Å². The largest absolute Gasteiger partial charge is 0.497 e. The number of carbonyl (C=O) groups excluding carboxylic acids is 2. The summed E-state index contributed by atoms with van der Waals surface area (Å²) in [6.45, 7) is 0. The van der Waals surface area contributed by atoms with Crippen molar-refractivity contribution in [1.82, 2.24) is 10.6 Å². The first-order chi connectivity index (χ1) is 17.6. The third-order valence-corrected chi connectivity index (χ3v) is 5.96. The molecule has 0 aliphatic heterocycles. The van der Waals surface area contributed by atoms with Crippen molar-refractivity contribution >= 4 is 11.6 Å². The molecule has 2 aliphatic rings. The quantitative estimate of drug-likeness (QED) is 0.445. The van der Waals surface area contributed by atoms with E-state index in [2.05, 4.69) is 10.6 Å². The summed E-state index contributed by atoms with van der Waals surface area (Å²) in [5, 5.41) is 6.90. The molecule has 0 aromatic heterocycles. The number of allylic oxidation sites excluding steroid dienone is 10. The van der Waals surface area contributed by atoms with E-state index < -0.39 is 0 Å². The maximum absolute atomic E-state index is 12.4. The van der Waals surface area contributed by atoms with E-state index in [4.69, 9.17) is 9.47 Å². The standard InChI is InChI=1S/C30H28N2O4.Co/c1-35-25-15-11-21(12-16-25)29(31-19-23-7-3-5-9-27(23)33)30(22-13-17-26(36-2)18-14-22)32-20-24-8-4-6-10-28(24)34;/h3-20,29-32H,1-2H3;/b23-19-,24-20-;. The van der Waals surface area contributed by atoms with Crippen LogP contribution in [0.15, 0.2) is 121 Å². The Labute approximate surface area is 227 Å². The smallest absolute Gasteiger partial charge is 0.187 e. The summed E-state index contributed by atoms with van der Waals surface area (Å²) in [4.78, 5) is 24.7. The number of carbonyl (C=O) groups is 2. The van der Waals surface area contributed by atoms with Crippen molar-refractivity contribution in [3.8, 4) is 11.5 Å². The fourth-order valence-electron chi connectivity index (χ4n) is 3.95. The average Bonchev–Trinajstić information content (AvgIpc) is 2.92. The first-order valence-electron chi connectivity index (χ1n) is 11.6. The summed E-state index contributed by atoms with van der Waals surface area (Å²) in [5.74, 6) is 1.35. The van der Waals surface area contributed by atoms with Crippen LogP contribution in [0.1, 0.15) is 23.2 Å². The van der Waals surface area contributed by atoms with Gasteiger partial charge in [-0.15, -0.1) is 0 Å². The first kappa shape index (κ1) is 27.5. The zero-order valence-electron chi connectivity index (χ0n) is 20.5. The number of ether oxygens (including phenoxy) is 2. The maximum atomic E-state index is 12.4. The molecule has 7 heteroatoms. The van der Waals surface area contributed by atoms with Crippen molar-refractivity contribution in [2.75, 3.05) is 14.2 Å². The summed E-state index contributed by atoms with van der Waals surface area (Å²) >= 11 is 0. The van der Waals surface area contributed by atoms with E-state index in [9.17, 15) is 9.59 Å². The van der Waals surface area contributed by atoms with Crippen LogP contribution in [-0.4, -0.2) is 25.8 Å². The molecule has 0 fully saturated rings. The number of benzene rings is 2. The SMILES string of the molecule is COc1ccc(C(N/C=C2/C=CC=CC2=O)C(N/C=C2/C=CC=CC2=O)c2ccc(OC)cc2)cc1.[Co]. The van der Waals surface area contributed by atoms with Gasteiger partial charge >= 0.3 is 0 Å². The molecule has 0 saturated heterocycles. The summed E-state index contributed by atoms with van der Waals surface area (Å²) in [6, 6.07) is 14.9. The summed E-state index contributed by atoms with van der Waals surface area (Å²) in [7, 11) is 3.25. The minimum Gasteiger partial charge on any atom is -0.497 e. The van der Waals surface area contributed by atoms with Gasteiger partial charge in [0.1, 0.15) is 11.5 Å². The fraction of sp³-hybridized carbons (Fsp3) is 0.133. The minimum absolute atomic E-state index is 0. The topological polar surface area (TPSA) is 76.7 Å². The molecular formula is C30H28CoN2O4. The van der Waals surface area contributed by atoms with Crippen molar-refractivity contribution < 1.29 is 35.8 Å². The van der Waals surface area contributed by atoms with E-state index in [1.165, 1.54) is 12.2 Å². The molecule has 2 aromatic carbocycles. The molecule has 2 atom stereocenters. The molecule has 2 unspecified atom stereocenters. The van der Waals surface area contributed by atoms with Gasteiger partial charge in [0.05, 0.1) is 26.3 Å². The van der Waals surface area contributed by atoms with Crippen LogP contribution in [0.3, 0.4) is 0 Å². The second kappa shape index (κ2) is 13.3. The zero-order chi connectivity index (χ0) is 25.3. The summed E-state index contributed by atoms with van der Waals surface area (Å²) in [5.41, 5.74) is 3.04. The zero-order valence-corrected chi connectivity index (χ0v) is 21.6. The van der Waals surface area contributed by atoms with Gasteiger partial charge in [0, 0.05) is 40.3 Å².